The van der Waals surface area contributed by atoms with E-state index in [2.05, 4.69) is 5.32 Å². The molecule has 3 rings (SSSR count). The van der Waals surface area contributed by atoms with E-state index in [4.69, 9.17) is 0 Å². The Morgan fingerprint density at radius 2 is 1.68 bits per heavy atom. The predicted molar refractivity (Wildman–Crippen MR) is 102 cm³/mol. The van der Waals surface area contributed by atoms with Crippen LogP contribution in [0.2, 0.25) is 0 Å². The number of thioether (sulfide) groups is 1. The number of carbonyl (C=O) groups excluding carboxylic acids is 2. The van der Waals surface area contributed by atoms with Gasteiger partial charge in [0.2, 0.25) is 5.91 Å². The highest BCUT2D eigenvalue weighted by Crippen LogP contribution is 2.32. The number of hydrogen-bond donors (Lipinski definition) is 1. The molecule has 0 atom stereocenters. The first kappa shape index (κ1) is 20.3. The highest BCUT2D eigenvalue weighted by atomic mass is 32.2. The number of piperidine rings is 1. The van der Waals surface area contributed by atoms with Gasteiger partial charge in [-0.3, -0.25) is 9.59 Å². The van der Waals surface area contributed by atoms with Crippen LogP contribution in [0.4, 0.5) is 18.9 Å². The lowest BCUT2D eigenvalue weighted by Crippen LogP contribution is -2.41. The van der Waals surface area contributed by atoms with Crippen molar-refractivity contribution in [2.24, 2.45) is 5.92 Å². The minimum absolute atomic E-state index is 0.197. The van der Waals surface area contributed by atoms with Crippen molar-refractivity contribution in [3.05, 3.63) is 59.9 Å². The summed E-state index contributed by atoms with van der Waals surface area (Å²) >= 11 is 0.389. The molecule has 1 fully saturated rings. The summed E-state index contributed by atoms with van der Waals surface area (Å²) in [7, 11) is 0. The number of halogens is 3. The van der Waals surface area contributed by atoms with Crippen molar-refractivity contribution in [1.29, 1.82) is 0 Å². The minimum Gasteiger partial charge on any atom is -0.339 e. The van der Waals surface area contributed by atoms with Crippen molar-refractivity contribution in [1.82, 2.24) is 4.90 Å². The number of benzene rings is 2. The lowest BCUT2D eigenvalue weighted by atomic mass is 9.95. The zero-order valence-corrected chi connectivity index (χ0v) is 15.7. The summed E-state index contributed by atoms with van der Waals surface area (Å²) in [6, 6.07) is 11.8. The Morgan fingerprint density at radius 3 is 2.32 bits per heavy atom. The van der Waals surface area contributed by atoms with Gasteiger partial charge in [-0.05, 0) is 49.2 Å². The summed E-state index contributed by atoms with van der Waals surface area (Å²) < 4.78 is 38.3. The van der Waals surface area contributed by atoms with E-state index >= 15 is 0 Å². The Bertz CT molecular complexity index is 838. The van der Waals surface area contributed by atoms with E-state index in [0.717, 1.165) is 0 Å². The Morgan fingerprint density at radius 1 is 1.04 bits per heavy atom. The van der Waals surface area contributed by atoms with Crippen LogP contribution in [0.25, 0.3) is 0 Å². The SMILES string of the molecule is O=C(Nc1ccccc1SC(F)F)C1CCN(C(=O)c2ccc(F)cc2)CC1. The van der Waals surface area contributed by atoms with Crippen LogP contribution in [0.3, 0.4) is 0 Å². The largest absolute Gasteiger partial charge is 0.339 e. The molecule has 2 aromatic rings. The highest BCUT2D eigenvalue weighted by Gasteiger charge is 2.28. The third-order valence-corrected chi connectivity index (χ3v) is 5.39. The molecule has 0 unspecified atom stereocenters. The normalized spacial score (nSPS) is 14.9. The molecule has 1 saturated heterocycles. The summed E-state index contributed by atoms with van der Waals surface area (Å²) in [5.74, 6) is -3.72. The quantitative estimate of drug-likeness (QED) is 0.734. The number of para-hydroxylation sites is 1. The Kier molecular flexibility index (Phi) is 6.61. The van der Waals surface area contributed by atoms with E-state index in [1.165, 1.54) is 30.3 Å². The smallest absolute Gasteiger partial charge is 0.288 e. The third kappa shape index (κ3) is 5.07. The molecule has 1 heterocycles. The van der Waals surface area contributed by atoms with Gasteiger partial charge in [-0.15, -0.1) is 0 Å². The van der Waals surface area contributed by atoms with Gasteiger partial charge in [0.1, 0.15) is 5.82 Å². The fourth-order valence-electron chi connectivity index (χ4n) is 3.12. The molecule has 1 aliphatic heterocycles. The van der Waals surface area contributed by atoms with Gasteiger partial charge >= 0.3 is 0 Å². The average molecular weight is 408 g/mol. The maximum absolute atomic E-state index is 13.0. The van der Waals surface area contributed by atoms with Crippen molar-refractivity contribution in [2.45, 2.75) is 23.5 Å². The summed E-state index contributed by atoms with van der Waals surface area (Å²) in [6.07, 6.45) is 0.950. The van der Waals surface area contributed by atoms with Crippen LogP contribution in [0.1, 0.15) is 23.2 Å². The molecular weight excluding hydrogens is 389 g/mol. The molecule has 1 aliphatic rings. The van der Waals surface area contributed by atoms with Crippen molar-refractivity contribution < 1.29 is 22.8 Å². The lowest BCUT2D eigenvalue weighted by molar-refractivity contribution is -0.121. The number of hydrogen-bond acceptors (Lipinski definition) is 3. The van der Waals surface area contributed by atoms with Gasteiger partial charge in [-0.25, -0.2) is 4.39 Å². The molecule has 0 aromatic heterocycles. The molecular formula is C20H19F3N2O2S. The molecule has 4 nitrogen and oxygen atoms in total. The molecule has 0 aliphatic carbocycles. The standard InChI is InChI=1S/C20H19F3N2O2S/c21-15-7-5-14(6-8-15)19(27)25-11-9-13(10-12-25)18(26)24-16-3-1-2-4-17(16)28-20(22)23/h1-8,13,20H,9-12H2,(H,24,26). The number of nitrogens with one attached hydrogen (secondary N) is 1. The van der Waals surface area contributed by atoms with Gasteiger partial charge in [0, 0.05) is 29.5 Å². The molecule has 0 radical (unpaired) electrons. The summed E-state index contributed by atoms with van der Waals surface area (Å²) in [4.78, 5) is 26.9. The summed E-state index contributed by atoms with van der Waals surface area (Å²) in [5.41, 5.74) is 0.768. The molecule has 2 aromatic carbocycles. The fraction of sp³-hybridized carbons (Fsp3) is 0.300. The number of anilines is 1. The monoisotopic (exact) mass is 408 g/mol. The number of alkyl halides is 2. The van der Waals surface area contributed by atoms with Crippen molar-refractivity contribution in [2.75, 3.05) is 18.4 Å². The van der Waals surface area contributed by atoms with Crippen molar-refractivity contribution in [3.8, 4) is 0 Å². The molecule has 1 N–H and O–H groups in total. The van der Waals surface area contributed by atoms with E-state index in [0.29, 0.717) is 53.8 Å². The van der Waals surface area contributed by atoms with Crippen LogP contribution >= 0.6 is 11.8 Å². The van der Waals surface area contributed by atoms with Crippen LogP contribution < -0.4 is 5.32 Å². The molecule has 148 valence electrons. The maximum Gasteiger partial charge on any atom is 0.288 e. The van der Waals surface area contributed by atoms with E-state index < -0.39 is 11.6 Å². The number of amides is 2. The Balaban J connectivity index is 1.57. The van der Waals surface area contributed by atoms with E-state index in [-0.39, 0.29) is 17.7 Å². The number of rotatable bonds is 5. The second-order valence-electron chi connectivity index (χ2n) is 6.44. The van der Waals surface area contributed by atoms with E-state index in [1.807, 2.05) is 0 Å². The Labute approximate surface area is 165 Å². The van der Waals surface area contributed by atoms with Gasteiger partial charge in [-0.1, -0.05) is 23.9 Å². The zero-order valence-electron chi connectivity index (χ0n) is 14.9. The van der Waals surface area contributed by atoms with Crippen LogP contribution in [-0.4, -0.2) is 35.6 Å². The number of likely N-dealkylation sites (tertiary alicyclic amines) is 1. The topological polar surface area (TPSA) is 49.4 Å². The molecule has 28 heavy (non-hydrogen) atoms. The van der Waals surface area contributed by atoms with Gasteiger partial charge in [0.25, 0.3) is 11.7 Å². The van der Waals surface area contributed by atoms with Crippen LogP contribution in [-0.2, 0) is 4.79 Å². The van der Waals surface area contributed by atoms with Crippen LogP contribution in [0.5, 0.6) is 0 Å². The van der Waals surface area contributed by atoms with Gasteiger partial charge in [0.05, 0.1) is 5.69 Å². The first-order chi connectivity index (χ1) is 13.4. The molecule has 0 spiro atoms. The fourth-order valence-corrected chi connectivity index (χ4v) is 3.72. The average Bonchev–Trinajstić information content (AvgIpc) is 2.69. The maximum atomic E-state index is 13.0. The molecule has 0 bridgehead atoms. The van der Waals surface area contributed by atoms with Gasteiger partial charge < -0.3 is 10.2 Å². The summed E-state index contributed by atoms with van der Waals surface area (Å²) in [6.45, 7) is 0.809. The van der Waals surface area contributed by atoms with Gasteiger partial charge in [-0.2, -0.15) is 8.78 Å². The van der Waals surface area contributed by atoms with Gasteiger partial charge in [0.15, 0.2) is 0 Å². The van der Waals surface area contributed by atoms with Crippen LogP contribution in [0, 0.1) is 11.7 Å². The molecule has 0 saturated carbocycles. The van der Waals surface area contributed by atoms with E-state index in [9.17, 15) is 22.8 Å². The first-order valence-electron chi connectivity index (χ1n) is 8.83. The zero-order chi connectivity index (χ0) is 20.1. The predicted octanol–water partition coefficient (Wildman–Crippen LogP) is 4.63. The number of nitrogens with zero attached hydrogens (tertiary/aromatic N) is 1. The summed E-state index contributed by atoms with van der Waals surface area (Å²) in [5, 5.41) is 2.73. The van der Waals surface area contributed by atoms with Crippen LogP contribution in [0.15, 0.2) is 53.4 Å². The van der Waals surface area contributed by atoms with E-state index in [1.54, 1.807) is 23.1 Å². The first-order valence-corrected chi connectivity index (χ1v) is 9.71. The lowest BCUT2D eigenvalue weighted by Gasteiger charge is -2.31. The van der Waals surface area contributed by atoms with Crippen molar-refractivity contribution in [3.63, 3.8) is 0 Å². The molecule has 8 heteroatoms. The minimum atomic E-state index is -2.57. The second kappa shape index (κ2) is 9.14. The number of carbonyl (C=O) groups is 2. The Hall–Kier alpha value is -2.48. The second-order valence-corrected chi connectivity index (χ2v) is 7.47. The third-order valence-electron chi connectivity index (χ3n) is 4.61. The highest BCUT2D eigenvalue weighted by molar-refractivity contribution is 7.99. The molecule has 2 amide bonds. The van der Waals surface area contributed by atoms with Crippen molar-refractivity contribution >= 4 is 29.3 Å².